The van der Waals surface area contributed by atoms with Crippen LogP contribution in [0.1, 0.15) is 17.3 Å². The van der Waals surface area contributed by atoms with E-state index in [-0.39, 0.29) is 18.2 Å². The average Bonchev–Trinajstić information content (AvgIpc) is 2.64. The molecule has 4 heteroatoms. The topological polar surface area (TPSA) is 50.1 Å². The first-order chi connectivity index (χ1) is 12.1. The summed E-state index contributed by atoms with van der Waals surface area (Å²) in [6, 6.07) is 21.3. The zero-order valence-electron chi connectivity index (χ0n) is 14.0. The molecule has 0 aliphatic heterocycles. The molecule has 0 aliphatic carbocycles. The summed E-state index contributed by atoms with van der Waals surface area (Å²) in [4.78, 5) is 23.5. The summed E-state index contributed by atoms with van der Waals surface area (Å²) in [5.74, 6) is -0.0794. The van der Waals surface area contributed by atoms with E-state index >= 15 is 0 Å². The minimum absolute atomic E-state index is 0.0388. The molecular weight excluding hydrogens is 312 g/mol. The van der Waals surface area contributed by atoms with Gasteiger partial charge in [-0.3, -0.25) is 9.59 Å². The maximum atomic E-state index is 12.4. The third-order valence-corrected chi connectivity index (χ3v) is 3.85. The fraction of sp³-hybridized carbons (Fsp3) is 0.0952. The van der Waals surface area contributed by atoms with Crippen LogP contribution < -0.4 is 9.88 Å². The lowest BCUT2D eigenvalue weighted by Crippen LogP contribution is -2.37. The number of hydrogen-bond donors (Lipinski definition) is 1. The van der Waals surface area contributed by atoms with Crippen LogP contribution in [0, 0.1) is 0 Å². The zero-order valence-corrected chi connectivity index (χ0v) is 14.0. The molecule has 1 N–H and O–H groups in total. The second kappa shape index (κ2) is 7.53. The van der Waals surface area contributed by atoms with Crippen LogP contribution in [0.2, 0.25) is 0 Å². The van der Waals surface area contributed by atoms with Crippen molar-refractivity contribution in [2.75, 3.05) is 5.32 Å². The van der Waals surface area contributed by atoms with Crippen molar-refractivity contribution in [3.05, 3.63) is 84.7 Å². The molecule has 1 aromatic heterocycles. The third-order valence-electron chi connectivity index (χ3n) is 3.85. The summed E-state index contributed by atoms with van der Waals surface area (Å²) in [5.41, 5.74) is 3.61. The standard InChI is InChI=1S/C21H18N2O2/c1-16(24)22-20-11-13-23(14-12-20)15-21(25)19-9-7-18(8-10-19)17-5-3-2-4-6-17/h2-14H,15H2,1H3/p+1. The SMILES string of the molecule is CC(=O)Nc1cc[n+](CC(=O)c2ccc(-c3ccccc3)cc2)cc1. The lowest BCUT2D eigenvalue weighted by molar-refractivity contribution is -0.683. The number of rotatable bonds is 5. The Bertz CT molecular complexity index is 870. The van der Waals surface area contributed by atoms with Crippen LogP contribution in [0.5, 0.6) is 0 Å². The van der Waals surface area contributed by atoms with Gasteiger partial charge in [0.25, 0.3) is 0 Å². The molecule has 0 aliphatic rings. The lowest BCUT2D eigenvalue weighted by Gasteiger charge is -2.04. The predicted octanol–water partition coefficient (Wildman–Crippen LogP) is 3.48. The van der Waals surface area contributed by atoms with Gasteiger partial charge in [0.15, 0.2) is 12.4 Å². The maximum absolute atomic E-state index is 12.4. The van der Waals surface area contributed by atoms with Crippen molar-refractivity contribution in [3.63, 3.8) is 0 Å². The van der Waals surface area contributed by atoms with Gasteiger partial charge >= 0.3 is 0 Å². The van der Waals surface area contributed by atoms with Gasteiger partial charge < -0.3 is 5.32 Å². The molecule has 1 amide bonds. The minimum atomic E-state index is -0.118. The first-order valence-corrected chi connectivity index (χ1v) is 8.07. The largest absolute Gasteiger partial charge is 0.326 e. The van der Waals surface area contributed by atoms with Crippen LogP contribution in [0.4, 0.5) is 5.69 Å². The highest BCUT2D eigenvalue weighted by Crippen LogP contribution is 2.19. The van der Waals surface area contributed by atoms with Crippen molar-refractivity contribution in [2.45, 2.75) is 13.5 Å². The first-order valence-electron chi connectivity index (χ1n) is 8.07. The Labute approximate surface area is 146 Å². The highest BCUT2D eigenvalue weighted by molar-refractivity contribution is 5.95. The van der Waals surface area contributed by atoms with Gasteiger partial charge in [-0.1, -0.05) is 54.6 Å². The van der Waals surface area contributed by atoms with Gasteiger partial charge in [-0.2, -0.15) is 4.57 Å². The van der Waals surface area contributed by atoms with E-state index in [1.54, 1.807) is 29.1 Å². The zero-order chi connectivity index (χ0) is 17.6. The summed E-state index contributed by atoms with van der Waals surface area (Å²) < 4.78 is 1.79. The fourth-order valence-electron chi connectivity index (χ4n) is 2.59. The van der Waals surface area contributed by atoms with Gasteiger partial charge in [0, 0.05) is 24.6 Å². The fourth-order valence-corrected chi connectivity index (χ4v) is 2.59. The molecule has 0 radical (unpaired) electrons. The molecule has 0 saturated carbocycles. The van der Waals surface area contributed by atoms with Crippen LogP contribution >= 0.6 is 0 Å². The van der Waals surface area contributed by atoms with E-state index < -0.39 is 0 Å². The van der Waals surface area contributed by atoms with Gasteiger partial charge in [0.05, 0.1) is 5.69 Å². The number of ketones is 1. The van der Waals surface area contributed by atoms with Gasteiger partial charge in [-0.15, -0.1) is 0 Å². The number of anilines is 1. The van der Waals surface area contributed by atoms with Crippen molar-refractivity contribution in [2.24, 2.45) is 0 Å². The highest BCUT2D eigenvalue weighted by Gasteiger charge is 2.12. The summed E-state index contributed by atoms with van der Waals surface area (Å²) in [6.45, 7) is 1.72. The van der Waals surface area contributed by atoms with Gasteiger partial charge in [-0.25, -0.2) is 0 Å². The number of amides is 1. The Hall–Kier alpha value is -3.27. The van der Waals surface area contributed by atoms with Gasteiger partial charge in [0.2, 0.25) is 18.2 Å². The van der Waals surface area contributed by atoms with Crippen LogP contribution in [0.3, 0.4) is 0 Å². The maximum Gasteiger partial charge on any atom is 0.227 e. The second-order valence-corrected chi connectivity index (χ2v) is 5.81. The number of nitrogens with zero attached hydrogens (tertiary/aromatic N) is 1. The number of aromatic nitrogens is 1. The van der Waals surface area contributed by atoms with Crippen LogP contribution in [-0.4, -0.2) is 11.7 Å². The molecule has 1 heterocycles. The Morgan fingerprint density at radius 3 is 2.04 bits per heavy atom. The number of pyridine rings is 1. The molecule has 2 aromatic carbocycles. The van der Waals surface area contributed by atoms with Crippen molar-refractivity contribution in [3.8, 4) is 11.1 Å². The second-order valence-electron chi connectivity index (χ2n) is 5.81. The summed E-state index contributed by atoms with van der Waals surface area (Å²) in [6.07, 6.45) is 3.56. The van der Waals surface area contributed by atoms with E-state index in [0.717, 1.165) is 11.1 Å². The molecule has 0 atom stereocenters. The molecule has 3 aromatic rings. The van der Waals surface area contributed by atoms with Gasteiger partial charge in [-0.05, 0) is 11.1 Å². The summed E-state index contributed by atoms with van der Waals surface area (Å²) in [5, 5.41) is 2.70. The van der Waals surface area contributed by atoms with E-state index in [1.165, 1.54) is 6.92 Å². The van der Waals surface area contributed by atoms with Crippen molar-refractivity contribution >= 4 is 17.4 Å². The molecule has 25 heavy (non-hydrogen) atoms. The Morgan fingerprint density at radius 1 is 0.840 bits per heavy atom. The van der Waals surface area contributed by atoms with Crippen molar-refractivity contribution < 1.29 is 14.2 Å². The molecule has 124 valence electrons. The van der Waals surface area contributed by atoms with E-state index in [9.17, 15) is 9.59 Å². The van der Waals surface area contributed by atoms with Crippen LogP contribution in [0.15, 0.2) is 79.1 Å². The minimum Gasteiger partial charge on any atom is -0.326 e. The highest BCUT2D eigenvalue weighted by atomic mass is 16.1. The molecule has 0 spiro atoms. The number of benzene rings is 2. The molecule has 0 unspecified atom stereocenters. The Kier molecular flexibility index (Phi) is 5.00. The molecule has 0 saturated heterocycles. The molecular formula is C21H19N2O2+. The van der Waals surface area contributed by atoms with Gasteiger partial charge in [0.1, 0.15) is 0 Å². The predicted molar refractivity (Wildman–Crippen MR) is 97.1 cm³/mol. The van der Waals surface area contributed by atoms with E-state index in [0.29, 0.717) is 11.3 Å². The third kappa shape index (κ3) is 4.38. The number of hydrogen-bond acceptors (Lipinski definition) is 2. The lowest BCUT2D eigenvalue weighted by atomic mass is 10.0. The molecule has 0 bridgehead atoms. The quantitative estimate of drug-likeness (QED) is 0.575. The van der Waals surface area contributed by atoms with Crippen LogP contribution in [0.25, 0.3) is 11.1 Å². The van der Waals surface area contributed by atoms with Crippen molar-refractivity contribution in [1.82, 2.24) is 0 Å². The number of carbonyl (C=O) groups excluding carboxylic acids is 2. The number of nitrogens with one attached hydrogen (secondary N) is 1. The summed E-state index contributed by atoms with van der Waals surface area (Å²) in [7, 11) is 0. The Morgan fingerprint density at radius 2 is 1.44 bits per heavy atom. The number of Topliss-reactive ketones (excluding diaryl/α,β-unsaturated/α-hetero) is 1. The Balaban J connectivity index is 1.68. The summed E-state index contributed by atoms with van der Waals surface area (Å²) >= 11 is 0. The normalized spacial score (nSPS) is 10.3. The average molecular weight is 331 g/mol. The van der Waals surface area contributed by atoms with E-state index in [1.807, 2.05) is 54.6 Å². The van der Waals surface area contributed by atoms with Crippen molar-refractivity contribution in [1.29, 1.82) is 0 Å². The molecule has 0 fully saturated rings. The molecule has 3 rings (SSSR count). The van der Waals surface area contributed by atoms with E-state index in [2.05, 4.69) is 5.32 Å². The number of carbonyl (C=O) groups is 2. The smallest absolute Gasteiger partial charge is 0.227 e. The van der Waals surface area contributed by atoms with Crippen LogP contribution in [-0.2, 0) is 11.3 Å². The monoisotopic (exact) mass is 331 g/mol. The molecule has 4 nitrogen and oxygen atoms in total. The first kappa shape index (κ1) is 16.6. The van der Waals surface area contributed by atoms with E-state index in [4.69, 9.17) is 0 Å².